The topological polar surface area (TPSA) is 78.5 Å². The molecule has 0 atom stereocenters. The number of hydrogen-bond donors (Lipinski definition) is 2. The standard InChI is InChI=1S/C16H21N3O3/c1-11-6-4-7-12(10-11)17-13(20)8-5-9-19-14(21)16(2,3)18-15(19)22/h4,6-7,10H,5,8-9H2,1-3H3,(H,17,20)(H,18,22). The summed E-state index contributed by atoms with van der Waals surface area (Å²) in [5.41, 5.74) is 0.960. The van der Waals surface area contributed by atoms with E-state index in [2.05, 4.69) is 10.6 Å². The lowest BCUT2D eigenvalue weighted by Crippen LogP contribution is -2.40. The third-order valence-corrected chi connectivity index (χ3v) is 3.53. The molecule has 1 heterocycles. The smallest absolute Gasteiger partial charge is 0.325 e. The quantitative estimate of drug-likeness (QED) is 0.817. The first kappa shape index (κ1) is 16.0. The van der Waals surface area contributed by atoms with Gasteiger partial charge in [0.2, 0.25) is 5.91 Å². The lowest BCUT2D eigenvalue weighted by atomic mass is 10.1. The van der Waals surface area contributed by atoms with Gasteiger partial charge in [-0.15, -0.1) is 0 Å². The number of hydrogen-bond acceptors (Lipinski definition) is 3. The van der Waals surface area contributed by atoms with Crippen LogP contribution in [0.15, 0.2) is 24.3 Å². The van der Waals surface area contributed by atoms with E-state index in [1.54, 1.807) is 13.8 Å². The molecule has 6 nitrogen and oxygen atoms in total. The molecule has 1 aliphatic rings. The molecule has 0 unspecified atom stereocenters. The minimum absolute atomic E-state index is 0.128. The van der Waals surface area contributed by atoms with Crippen molar-refractivity contribution in [1.29, 1.82) is 0 Å². The second kappa shape index (κ2) is 6.17. The molecular formula is C16H21N3O3. The van der Waals surface area contributed by atoms with Crippen molar-refractivity contribution in [2.75, 3.05) is 11.9 Å². The Hall–Kier alpha value is -2.37. The number of urea groups is 1. The Bertz CT molecular complexity index is 610. The van der Waals surface area contributed by atoms with Crippen molar-refractivity contribution >= 4 is 23.5 Å². The van der Waals surface area contributed by atoms with Crippen LogP contribution in [0.1, 0.15) is 32.3 Å². The van der Waals surface area contributed by atoms with Gasteiger partial charge in [0, 0.05) is 18.7 Å². The van der Waals surface area contributed by atoms with Gasteiger partial charge in [-0.3, -0.25) is 14.5 Å². The van der Waals surface area contributed by atoms with Crippen LogP contribution in [0.3, 0.4) is 0 Å². The van der Waals surface area contributed by atoms with Gasteiger partial charge in [0.15, 0.2) is 0 Å². The van der Waals surface area contributed by atoms with Crippen molar-refractivity contribution < 1.29 is 14.4 Å². The van der Waals surface area contributed by atoms with E-state index >= 15 is 0 Å². The highest BCUT2D eigenvalue weighted by Crippen LogP contribution is 2.17. The van der Waals surface area contributed by atoms with Gasteiger partial charge in [-0.05, 0) is 44.9 Å². The summed E-state index contributed by atoms with van der Waals surface area (Å²) in [6, 6.07) is 7.15. The zero-order valence-corrected chi connectivity index (χ0v) is 13.1. The minimum Gasteiger partial charge on any atom is -0.326 e. The van der Waals surface area contributed by atoms with Crippen LogP contribution in [-0.4, -0.2) is 34.8 Å². The van der Waals surface area contributed by atoms with Crippen LogP contribution in [0, 0.1) is 6.92 Å². The molecule has 0 spiro atoms. The predicted molar refractivity (Wildman–Crippen MR) is 83.4 cm³/mol. The van der Waals surface area contributed by atoms with Crippen molar-refractivity contribution in [1.82, 2.24) is 10.2 Å². The molecule has 2 N–H and O–H groups in total. The fraction of sp³-hybridized carbons (Fsp3) is 0.438. The summed E-state index contributed by atoms with van der Waals surface area (Å²) < 4.78 is 0. The van der Waals surface area contributed by atoms with Crippen LogP contribution in [0.5, 0.6) is 0 Å². The first-order valence-corrected chi connectivity index (χ1v) is 7.30. The molecule has 1 aromatic rings. The van der Waals surface area contributed by atoms with Crippen LogP contribution in [0.25, 0.3) is 0 Å². The number of anilines is 1. The highest BCUT2D eigenvalue weighted by molar-refractivity contribution is 6.06. The molecule has 1 fully saturated rings. The number of aryl methyl sites for hydroxylation is 1. The Labute approximate surface area is 129 Å². The van der Waals surface area contributed by atoms with E-state index in [0.29, 0.717) is 6.42 Å². The number of nitrogens with one attached hydrogen (secondary N) is 2. The summed E-state index contributed by atoms with van der Waals surface area (Å²) in [5, 5.41) is 5.42. The Morgan fingerprint density at radius 1 is 1.32 bits per heavy atom. The van der Waals surface area contributed by atoms with Gasteiger partial charge >= 0.3 is 6.03 Å². The van der Waals surface area contributed by atoms with Gasteiger partial charge in [-0.1, -0.05) is 12.1 Å². The average Bonchev–Trinajstić information content (AvgIpc) is 2.60. The summed E-state index contributed by atoms with van der Waals surface area (Å²) in [6.07, 6.45) is 0.693. The van der Waals surface area contributed by atoms with Crippen LogP contribution >= 0.6 is 0 Å². The summed E-state index contributed by atoms with van der Waals surface area (Å²) in [6.45, 7) is 5.53. The molecule has 0 aliphatic carbocycles. The van der Waals surface area contributed by atoms with Crippen LogP contribution in [0.4, 0.5) is 10.5 Å². The zero-order valence-electron chi connectivity index (χ0n) is 13.1. The number of carbonyl (C=O) groups is 3. The SMILES string of the molecule is Cc1cccc(NC(=O)CCCN2C(=O)NC(C)(C)C2=O)c1. The van der Waals surface area contributed by atoms with Gasteiger partial charge in [-0.2, -0.15) is 0 Å². The lowest BCUT2D eigenvalue weighted by Gasteiger charge is -2.15. The van der Waals surface area contributed by atoms with Gasteiger partial charge in [0.05, 0.1) is 0 Å². The van der Waals surface area contributed by atoms with Crippen molar-refractivity contribution in [3.05, 3.63) is 29.8 Å². The maximum absolute atomic E-state index is 12.0. The highest BCUT2D eigenvalue weighted by Gasteiger charge is 2.43. The van der Waals surface area contributed by atoms with Crippen molar-refractivity contribution in [2.24, 2.45) is 0 Å². The number of amides is 4. The maximum Gasteiger partial charge on any atom is 0.325 e. The largest absolute Gasteiger partial charge is 0.326 e. The second-order valence-corrected chi connectivity index (χ2v) is 6.03. The molecule has 0 radical (unpaired) electrons. The lowest BCUT2D eigenvalue weighted by molar-refractivity contribution is -0.130. The third kappa shape index (κ3) is 3.63. The Morgan fingerprint density at radius 2 is 2.05 bits per heavy atom. The van der Waals surface area contributed by atoms with E-state index in [4.69, 9.17) is 0 Å². The minimum atomic E-state index is -0.860. The Balaban J connectivity index is 1.80. The molecule has 1 aliphatic heterocycles. The van der Waals surface area contributed by atoms with E-state index in [1.807, 2.05) is 31.2 Å². The Kier molecular flexibility index (Phi) is 4.49. The molecule has 118 valence electrons. The zero-order chi connectivity index (χ0) is 16.3. The van der Waals surface area contributed by atoms with E-state index < -0.39 is 11.6 Å². The van der Waals surface area contributed by atoms with Crippen molar-refractivity contribution in [3.8, 4) is 0 Å². The van der Waals surface area contributed by atoms with E-state index in [0.717, 1.165) is 11.3 Å². The molecular weight excluding hydrogens is 282 g/mol. The normalized spacial score (nSPS) is 16.6. The first-order chi connectivity index (χ1) is 10.3. The summed E-state index contributed by atoms with van der Waals surface area (Å²) >= 11 is 0. The van der Waals surface area contributed by atoms with Crippen LogP contribution < -0.4 is 10.6 Å². The number of imide groups is 1. The van der Waals surface area contributed by atoms with Crippen molar-refractivity contribution in [2.45, 2.75) is 39.2 Å². The summed E-state index contributed by atoms with van der Waals surface area (Å²) in [7, 11) is 0. The van der Waals surface area contributed by atoms with Gasteiger partial charge in [0.1, 0.15) is 5.54 Å². The summed E-state index contributed by atoms with van der Waals surface area (Å²) in [5.74, 6) is -0.381. The molecule has 0 bridgehead atoms. The number of benzene rings is 1. The van der Waals surface area contributed by atoms with Gasteiger partial charge < -0.3 is 10.6 Å². The number of carbonyl (C=O) groups excluding carboxylic acids is 3. The average molecular weight is 303 g/mol. The number of rotatable bonds is 5. The highest BCUT2D eigenvalue weighted by atomic mass is 16.2. The fourth-order valence-corrected chi connectivity index (χ4v) is 2.37. The maximum atomic E-state index is 12.0. The molecule has 0 saturated carbocycles. The first-order valence-electron chi connectivity index (χ1n) is 7.30. The fourth-order valence-electron chi connectivity index (χ4n) is 2.37. The predicted octanol–water partition coefficient (Wildman–Crippen LogP) is 2.04. The molecule has 22 heavy (non-hydrogen) atoms. The molecule has 1 aromatic carbocycles. The van der Waals surface area contributed by atoms with Gasteiger partial charge in [0.25, 0.3) is 5.91 Å². The molecule has 4 amide bonds. The monoisotopic (exact) mass is 303 g/mol. The molecule has 6 heteroatoms. The van der Waals surface area contributed by atoms with Crippen LogP contribution in [-0.2, 0) is 9.59 Å². The van der Waals surface area contributed by atoms with Crippen LogP contribution in [0.2, 0.25) is 0 Å². The summed E-state index contributed by atoms with van der Waals surface area (Å²) in [4.78, 5) is 36.7. The molecule has 0 aromatic heterocycles. The van der Waals surface area contributed by atoms with Crippen molar-refractivity contribution in [3.63, 3.8) is 0 Å². The molecule has 1 saturated heterocycles. The third-order valence-electron chi connectivity index (χ3n) is 3.53. The van der Waals surface area contributed by atoms with E-state index in [9.17, 15) is 14.4 Å². The second-order valence-electron chi connectivity index (χ2n) is 6.03. The Morgan fingerprint density at radius 3 is 2.64 bits per heavy atom. The number of nitrogens with zero attached hydrogens (tertiary/aromatic N) is 1. The van der Waals surface area contributed by atoms with Gasteiger partial charge in [-0.25, -0.2) is 4.79 Å². The van der Waals surface area contributed by atoms with E-state index in [1.165, 1.54) is 4.90 Å². The van der Waals surface area contributed by atoms with E-state index in [-0.39, 0.29) is 24.8 Å². The molecule has 2 rings (SSSR count).